The molecule has 4 nitrogen and oxygen atoms in total. The summed E-state index contributed by atoms with van der Waals surface area (Å²) < 4.78 is 17.9. The zero-order chi connectivity index (χ0) is 10.7. The van der Waals surface area contributed by atoms with E-state index in [1.165, 1.54) is 0 Å². The van der Waals surface area contributed by atoms with Crippen LogP contribution >= 0.6 is 11.3 Å². The van der Waals surface area contributed by atoms with Gasteiger partial charge in [0.25, 0.3) is 0 Å². The second-order valence-corrected chi connectivity index (χ2v) is 3.79. The Morgan fingerprint density at radius 2 is 2.40 bits per heavy atom. The van der Waals surface area contributed by atoms with E-state index in [1.54, 1.807) is 11.3 Å². The van der Waals surface area contributed by atoms with Gasteiger partial charge in [0.1, 0.15) is 6.61 Å². The fourth-order valence-corrected chi connectivity index (χ4v) is 1.58. The van der Waals surface area contributed by atoms with Crippen LogP contribution in [0.4, 0.5) is 10.2 Å². The average molecular weight is 225 g/mol. The molecule has 2 rings (SSSR count). The van der Waals surface area contributed by atoms with Gasteiger partial charge in [0, 0.05) is 4.88 Å². The van der Waals surface area contributed by atoms with E-state index in [4.69, 9.17) is 10.5 Å². The van der Waals surface area contributed by atoms with Gasteiger partial charge < -0.3 is 10.5 Å². The van der Waals surface area contributed by atoms with Crippen molar-refractivity contribution in [2.24, 2.45) is 0 Å². The van der Waals surface area contributed by atoms with Crippen LogP contribution in [0, 0.1) is 5.82 Å². The molecule has 0 saturated heterocycles. The largest absolute Gasteiger partial charge is 0.458 e. The Morgan fingerprint density at radius 3 is 3.07 bits per heavy atom. The molecule has 0 radical (unpaired) electrons. The van der Waals surface area contributed by atoms with Crippen molar-refractivity contribution < 1.29 is 9.13 Å². The maximum atomic E-state index is 12.7. The van der Waals surface area contributed by atoms with Crippen LogP contribution in [0.2, 0.25) is 0 Å². The summed E-state index contributed by atoms with van der Waals surface area (Å²) in [6, 6.07) is 3.93. The van der Waals surface area contributed by atoms with Crippen LogP contribution in [-0.4, -0.2) is 9.97 Å². The second kappa shape index (κ2) is 4.22. The van der Waals surface area contributed by atoms with Crippen molar-refractivity contribution in [3.8, 4) is 6.01 Å². The van der Waals surface area contributed by atoms with Crippen LogP contribution in [-0.2, 0) is 6.61 Å². The van der Waals surface area contributed by atoms with Crippen molar-refractivity contribution >= 4 is 17.2 Å². The van der Waals surface area contributed by atoms with Crippen LogP contribution in [0.3, 0.4) is 0 Å². The smallest absolute Gasteiger partial charge is 0.318 e. The van der Waals surface area contributed by atoms with Gasteiger partial charge in [-0.15, -0.1) is 11.3 Å². The first kappa shape index (κ1) is 9.85. The molecule has 78 valence electrons. The molecular weight excluding hydrogens is 217 g/mol. The molecular formula is C9H8FN3OS. The van der Waals surface area contributed by atoms with Crippen LogP contribution in [0.15, 0.2) is 23.7 Å². The normalized spacial score (nSPS) is 10.2. The third-order valence-corrected chi connectivity index (χ3v) is 2.52. The first-order valence-corrected chi connectivity index (χ1v) is 5.07. The maximum Gasteiger partial charge on any atom is 0.318 e. The number of hydrogen-bond donors (Lipinski definition) is 1. The summed E-state index contributed by atoms with van der Waals surface area (Å²) in [7, 11) is 0. The van der Waals surface area contributed by atoms with Crippen molar-refractivity contribution in [2.45, 2.75) is 6.61 Å². The number of rotatable bonds is 3. The molecule has 0 aromatic carbocycles. The molecule has 0 spiro atoms. The Labute approximate surface area is 89.6 Å². The van der Waals surface area contributed by atoms with E-state index in [9.17, 15) is 4.39 Å². The van der Waals surface area contributed by atoms with Gasteiger partial charge in [-0.2, -0.15) is 4.98 Å². The summed E-state index contributed by atoms with van der Waals surface area (Å²) >= 11 is 1.56. The average Bonchev–Trinajstić information content (AvgIpc) is 2.73. The Hall–Kier alpha value is -1.69. The first-order valence-electron chi connectivity index (χ1n) is 4.19. The number of nitrogen functional groups attached to an aromatic ring is 1. The standard InChI is InChI=1S/C9H8FN3OS/c10-7-4-12-9(13-8(7)11)14-5-6-2-1-3-15-6/h1-4H,5H2,(H2,11,12,13). The van der Waals surface area contributed by atoms with Gasteiger partial charge >= 0.3 is 6.01 Å². The number of thiophene rings is 1. The predicted molar refractivity (Wildman–Crippen MR) is 55.1 cm³/mol. The first-order chi connectivity index (χ1) is 7.25. The lowest BCUT2D eigenvalue weighted by atomic mass is 10.5. The fraction of sp³-hybridized carbons (Fsp3) is 0.111. The lowest BCUT2D eigenvalue weighted by Crippen LogP contribution is -2.02. The zero-order valence-corrected chi connectivity index (χ0v) is 8.50. The molecule has 2 N–H and O–H groups in total. The number of nitrogens with zero attached hydrogens (tertiary/aromatic N) is 2. The second-order valence-electron chi connectivity index (χ2n) is 2.75. The van der Waals surface area contributed by atoms with E-state index < -0.39 is 5.82 Å². The van der Waals surface area contributed by atoms with E-state index in [2.05, 4.69) is 9.97 Å². The summed E-state index contributed by atoms with van der Waals surface area (Å²) in [4.78, 5) is 8.34. The van der Waals surface area contributed by atoms with E-state index in [-0.39, 0.29) is 11.8 Å². The number of hydrogen-bond acceptors (Lipinski definition) is 5. The van der Waals surface area contributed by atoms with E-state index in [0.29, 0.717) is 6.61 Å². The number of anilines is 1. The lowest BCUT2D eigenvalue weighted by molar-refractivity contribution is 0.283. The third kappa shape index (κ3) is 2.41. The topological polar surface area (TPSA) is 61.0 Å². The van der Waals surface area contributed by atoms with Crippen molar-refractivity contribution in [3.05, 3.63) is 34.4 Å². The van der Waals surface area contributed by atoms with Gasteiger partial charge in [-0.05, 0) is 11.4 Å². The van der Waals surface area contributed by atoms with E-state index in [1.807, 2.05) is 17.5 Å². The highest BCUT2D eigenvalue weighted by Crippen LogP contribution is 2.13. The molecule has 0 aliphatic heterocycles. The Morgan fingerprint density at radius 1 is 1.53 bits per heavy atom. The van der Waals surface area contributed by atoms with Crippen LogP contribution in [0.25, 0.3) is 0 Å². The number of ether oxygens (including phenoxy) is 1. The minimum atomic E-state index is -0.640. The van der Waals surface area contributed by atoms with Gasteiger partial charge in [0.2, 0.25) is 0 Å². The number of aromatic nitrogens is 2. The van der Waals surface area contributed by atoms with Gasteiger partial charge in [-0.1, -0.05) is 6.07 Å². The van der Waals surface area contributed by atoms with Gasteiger partial charge in [0.05, 0.1) is 6.20 Å². The van der Waals surface area contributed by atoms with Crippen molar-refractivity contribution in [3.63, 3.8) is 0 Å². The predicted octanol–water partition coefficient (Wildman–Crippen LogP) is 1.84. The summed E-state index contributed by atoms with van der Waals surface area (Å²) in [5.74, 6) is -0.843. The van der Waals surface area contributed by atoms with E-state index in [0.717, 1.165) is 11.1 Å². The maximum absolute atomic E-state index is 12.7. The highest BCUT2D eigenvalue weighted by molar-refractivity contribution is 7.09. The van der Waals surface area contributed by atoms with Crippen LogP contribution in [0.5, 0.6) is 6.01 Å². The quantitative estimate of drug-likeness (QED) is 0.865. The summed E-state index contributed by atoms with van der Waals surface area (Å²) in [5.41, 5.74) is 5.27. The molecule has 0 amide bonds. The Bertz CT molecular complexity index is 447. The minimum absolute atomic E-state index is 0.0855. The lowest BCUT2D eigenvalue weighted by Gasteiger charge is -2.02. The molecule has 6 heteroatoms. The molecule has 0 fully saturated rings. The summed E-state index contributed by atoms with van der Waals surface area (Å²) in [6.07, 6.45) is 0.992. The fourth-order valence-electron chi connectivity index (χ4n) is 0.963. The molecule has 0 saturated carbocycles. The molecule has 0 aliphatic carbocycles. The number of nitrogens with two attached hydrogens (primary N) is 1. The van der Waals surface area contributed by atoms with Gasteiger partial charge in [-0.3, -0.25) is 0 Å². The van der Waals surface area contributed by atoms with Crippen molar-refractivity contribution in [1.29, 1.82) is 0 Å². The minimum Gasteiger partial charge on any atom is -0.458 e. The highest BCUT2D eigenvalue weighted by Gasteiger charge is 2.04. The van der Waals surface area contributed by atoms with Crippen molar-refractivity contribution in [2.75, 3.05) is 5.73 Å². The highest BCUT2D eigenvalue weighted by atomic mass is 32.1. The molecule has 0 aliphatic rings. The monoisotopic (exact) mass is 225 g/mol. The van der Waals surface area contributed by atoms with Gasteiger partial charge in [-0.25, -0.2) is 9.37 Å². The van der Waals surface area contributed by atoms with Crippen LogP contribution < -0.4 is 10.5 Å². The Kier molecular flexibility index (Phi) is 2.77. The molecule has 0 unspecified atom stereocenters. The molecule has 2 aromatic heterocycles. The molecule has 0 atom stereocenters. The van der Waals surface area contributed by atoms with Gasteiger partial charge in [0.15, 0.2) is 11.6 Å². The van der Waals surface area contributed by atoms with Crippen molar-refractivity contribution in [1.82, 2.24) is 9.97 Å². The Balaban J connectivity index is 2.02. The summed E-state index contributed by atoms with van der Waals surface area (Å²) in [6.45, 7) is 0.364. The molecule has 15 heavy (non-hydrogen) atoms. The van der Waals surface area contributed by atoms with E-state index >= 15 is 0 Å². The SMILES string of the molecule is Nc1nc(OCc2cccs2)ncc1F. The summed E-state index contributed by atoms with van der Waals surface area (Å²) in [5, 5.41) is 1.94. The third-order valence-electron chi connectivity index (χ3n) is 1.67. The van der Waals surface area contributed by atoms with Crippen LogP contribution in [0.1, 0.15) is 4.88 Å². The molecule has 0 bridgehead atoms. The molecule has 2 heterocycles. The zero-order valence-electron chi connectivity index (χ0n) is 7.68. The molecule has 2 aromatic rings. The number of halogens is 1.